The maximum absolute atomic E-state index is 8.12. The normalized spacial score (nSPS) is 12.2. The van der Waals surface area contributed by atoms with Gasteiger partial charge in [-0.3, -0.25) is 0 Å². The first kappa shape index (κ1) is 20.4. The average molecular weight is 384 g/mol. The van der Waals surface area contributed by atoms with Gasteiger partial charge in [-0.2, -0.15) is 0 Å². The van der Waals surface area contributed by atoms with Gasteiger partial charge in [0, 0.05) is 1.37 Å². The maximum Gasteiger partial charge on any atom is 0.0783 e. The molecule has 0 amide bonds. The molecule has 0 atom stereocenters. The first-order chi connectivity index (χ1) is 13.5. The van der Waals surface area contributed by atoms with Crippen LogP contribution in [0.1, 0.15) is 56.2 Å². The van der Waals surface area contributed by atoms with Crippen molar-refractivity contribution >= 4 is 13.3 Å². The van der Waals surface area contributed by atoms with E-state index in [-0.39, 0.29) is 0 Å². The van der Waals surface area contributed by atoms with Gasteiger partial charge >= 0.3 is 0 Å². The van der Waals surface area contributed by atoms with Crippen LogP contribution in [0, 0.1) is 6.90 Å². The van der Waals surface area contributed by atoms with Gasteiger partial charge in [0.15, 0.2) is 0 Å². The molecule has 2 aromatic rings. The van der Waals surface area contributed by atoms with Crippen molar-refractivity contribution in [1.82, 2.24) is 0 Å². The fraction of sp³-hybridized carbons (Fsp3) is 0.520. The van der Waals surface area contributed by atoms with Gasteiger partial charge in [-0.15, -0.1) is 0 Å². The first-order valence-electron chi connectivity index (χ1n) is 11.2. The number of aryl methyl sites for hydroxylation is 2. The predicted molar refractivity (Wildman–Crippen MR) is 122 cm³/mol. The molecule has 0 aliphatic heterocycles. The summed E-state index contributed by atoms with van der Waals surface area (Å²) < 4.78 is 14.0. The quantitative estimate of drug-likeness (QED) is 0.321. The summed E-state index contributed by atoms with van der Waals surface area (Å²) in [6.45, 7) is 11.3. The summed E-state index contributed by atoms with van der Waals surface area (Å²) in [4.78, 5) is 0. The minimum absolute atomic E-state index is 0.389. The summed E-state index contributed by atoms with van der Waals surface area (Å²) in [5.41, 5.74) is 5.33. The van der Waals surface area contributed by atoms with E-state index in [4.69, 9.17) is 6.11 Å². The van der Waals surface area contributed by atoms with Gasteiger partial charge in [0.1, 0.15) is 0 Å². The second-order valence-corrected chi connectivity index (χ2v) is 13.6. The van der Waals surface area contributed by atoms with Crippen LogP contribution in [-0.4, -0.2) is 14.7 Å². The number of benzene rings is 2. The van der Waals surface area contributed by atoms with Crippen LogP contribution in [0.3, 0.4) is 0 Å². The molecule has 148 valence electrons. The third kappa shape index (κ3) is 7.27. The second-order valence-electron chi connectivity index (χ2n) is 8.64. The van der Waals surface area contributed by atoms with Gasteiger partial charge in [-0.05, 0) is 42.9 Å². The van der Waals surface area contributed by atoms with Crippen LogP contribution < -0.4 is 5.19 Å². The largest absolute Gasteiger partial charge is 0.376 e. The molecule has 1 nitrogen and oxygen atoms in total. The van der Waals surface area contributed by atoms with Crippen molar-refractivity contribution in [2.75, 3.05) is 6.61 Å². The van der Waals surface area contributed by atoms with Crippen LogP contribution in [-0.2, 0) is 24.2 Å². The van der Waals surface area contributed by atoms with E-state index in [0.717, 1.165) is 19.4 Å². The van der Waals surface area contributed by atoms with Gasteiger partial charge in [-0.25, -0.2) is 0 Å². The van der Waals surface area contributed by atoms with Crippen molar-refractivity contribution in [1.29, 1.82) is 0 Å². The molecule has 0 saturated heterocycles. The van der Waals surface area contributed by atoms with Gasteiger partial charge < -0.3 is 4.74 Å². The van der Waals surface area contributed by atoms with E-state index < -0.39 is 8.07 Å². The Morgan fingerprint density at radius 2 is 1.70 bits per heavy atom. The molecule has 2 rings (SSSR count). The Morgan fingerprint density at radius 1 is 0.926 bits per heavy atom. The minimum atomic E-state index is -1.47. The van der Waals surface area contributed by atoms with Gasteiger partial charge in [0.2, 0.25) is 0 Å². The van der Waals surface area contributed by atoms with Crippen LogP contribution in [0.4, 0.5) is 0 Å². The highest BCUT2D eigenvalue weighted by molar-refractivity contribution is 6.89. The average Bonchev–Trinajstić information content (AvgIpc) is 2.68. The summed E-state index contributed by atoms with van der Waals surface area (Å²) in [6.07, 6.45) is 7.25. The molecule has 2 aromatic carbocycles. The third-order valence-corrected chi connectivity index (χ3v) is 7.20. The topological polar surface area (TPSA) is 9.23 Å². The highest BCUT2D eigenvalue weighted by Gasteiger charge is 2.22. The molecule has 0 unspecified atom stereocenters. The molecule has 0 N–H and O–H groups in total. The summed E-state index contributed by atoms with van der Waals surface area (Å²) >= 11 is 0. The number of ether oxygens (including phenoxy) is 1. The lowest BCUT2D eigenvalue weighted by atomic mass is 9.99. The lowest BCUT2D eigenvalue weighted by Gasteiger charge is -2.25. The Balaban J connectivity index is 2.08. The molecule has 0 bridgehead atoms. The van der Waals surface area contributed by atoms with Crippen molar-refractivity contribution in [3.63, 3.8) is 0 Å². The lowest BCUT2D eigenvalue weighted by molar-refractivity contribution is 0.124. The van der Waals surface area contributed by atoms with Gasteiger partial charge in [0.05, 0.1) is 21.3 Å². The van der Waals surface area contributed by atoms with Crippen molar-refractivity contribution in [2.24, 2.45) is 0 Å². The van der Waals surface area contributed by atoms with Crippen LogP contribution in [0.5, 0.6) is 0 Å². The summed E-state index contributed by atoms with van der Waals surface area (Å²) in [7, 11) is -1.47. The number of hydrogen-bond acceptors (Lipinski definition) is 1. The zero-order valence-electron chi connectivity index (χ0n) is 18.8. The lowest BCUT2D eigenvalue weighted by Crippen LogP contribution is -2.42. The fourth-order valence-electron chi connectivity index (χ4n) is 3.84. The summed E-state index contributed by atoms with van der Waals surface area (Å²) in [6, 6.07) is 15.1. The molecule has 0 radical (unpaired) electrons. The maximum atomic E-state index is 8.12. The zero-order valence-corrected chi connectivity index (χ0v) is 18.8. The highest BCUT2D eigenvalue weighted by Crippen LogP contribution is 2.18. The summed E-state index contributed by atoms with van der Waals surface area (Å²) in [5.74, 6) is 0. The Morgan fingerprint density at radius 3 is 2.37 bits per heavy atom. The van der Waals surface area contributed by atoms with Crippen LogP contribution in [0.15, 0.2) is 42.5 Å². The SMILES string of the molecule is [2H]Cc1cc(CCOCc2ccccc2)cc(CCCCCC)c1[Si](C)(C)C. The van der Waals surface area contributed by atoms with E-state index in [9.17, 15) is 0 Å². The molecule has 0 aliphatic rings. The molecule has 27 heavy (non-hydrogen) atoms. The van der Waals surface area contributed by atoms with E-state index in [1.807, 2.05) is 6.07 Å². The smallest absolute Gasteiger partial charge is 0.0783 e. The Labute approximate surface area is 169 Å². The Bertz CT molecular complexity index is 706. The number of rotatable bonds is 11. The molecular weight excluding hydrogens is 344 g/mol. The van der Waals surface area contributed by atoms with Crippen LogP contribution in [0.2, 0.25) is 19.6 Å². The molecule has 0 aliphatic carbocycles. The standard InChI is InChI=1S/C25H38OSi/c1-6-7-8-12-15-24-19-23(18-21(2)25(24)27(3,4)5)16-17-26-20-22-13-10-9-11-14-22/h9-11,13-14,18-19H,6-8,12,15-17,20H2,1-5H3/i2D. The van der Waals surface area contributed by atoms with Crippen LogP contribution in [0.25, 0.3) is 0 Å². The third-order valence-electron chi connectivity index (χ3n) is 5.06. The Hall–Kier alpha value is -1.38. The molecule has 2 heteroatoms. The van der Waals surface area contributed by atoms with E-state index in [1.165, 1.54) is 53.1 Å². The van der Waals surface area contributed by atoms with E-state index in [0.29, 0.717) is 13.5 Å². The van der Waals surface area contributed by atoms with Crippen molar-refractivity contribution in [3.05, 3.63) is 64.7 Å². The molecule has 0 fully saturated rings. The first-order valence-corrected chi connectivity index (χ1v) is 14.0. The monoisotopic (exact) mass is 383 g/mol. The van der Waals surface area contributed by atoms with E-state index in [2.05, 4.69) is 63.0 Å². The molecule has 0 spiro atoms. The molecular formula is C25H38OSi. The predicted octanol–water partition coefficient (Wildman–Crippen LogP) is 6.42. The van der Waals surface area contributed by atoms with Gasteiger partial charge in [0.25, 0.3) is 0 Å². The Kier molecular flexibility index (Phi) is 8.16. The minimum Gasteiger partial charge on any atom is -0.376 e. The van der Waals surface area contributed by atoms with Crippen LogP contribution >= 0.6 is 0 Å². The van der Waals surface area contributed by atoms with Crippen molar-refractivity contribution in [2.45, 2.75) is 78.6 Å². The molecule has 0 aromatic heterocycles. The zero-order chi connectivity index (χ0) is 20.4. The number of unbranched alkanes of at least 4 members (excludes halogenated alkanes) is 3. The van der Waals surface area contributed by atoms with E-state index >= 15 is 0 Å². The fourth-order valence-corrected chi connectivity index (χ4v) is 6.04. The molecule has 0 heterocycles. The molecule has 0 saturated carbocycles. The second kappa shape index (κ2) is 10.8. The summed E-state index contributed by atoms with van der Waals surface area (Å²) in [5, 5.41) is 1.54. The number of hydrogen-bond donors (Lipinski definition) is 0. The van der Waals surface area contributed by atoms with Gasteiger partial charge in [-0.1, -0.05) is 99.0 Å². The van der Waals surface area contributed by atoms with Crippen molar-refractivity contribution < 1.29 is 6.11 Å². The van der Waals surface area contributed by atoms with Crippen molar-refractivity contribution in [3.8, 4) is 0 Å². The highest BCUT2D eigenvalue weighted by atomic mass is 28.3. The van der Waals surface area contributed by atoms with E-state index in [1.54, 1.807) is 0 Å².